The van der Waals surface area contributed by atoms with Crippen LogP contribution in [0.2, 0.25) is 5.02 Å². The zero-order valence-corrected chi connectivity index (χ0v) is 12.0. The smallest absolute Gasteiger partial charge is 0.417 e. The quantitative estimate of drug-likeness (QED) is 0.497. The number of phenols is 1. The fraction of sp³-hybridized carbons (Fsp3) is 0.0714. The van der Waals surface area contributed by atoms with Gasteiger partial charge in [-0.1, -0.05) is 11.6 Å². The molecule has 0 aliphatic rings. The lowest BCUT2D eigenvalue weighted by Crippen LogP contribution is -2.05. The Bertz CT molecular complexity index is 791. The van der Waals surface area contributed by atoms with Crippen molar-refractivity contribution in [2.45, 2.75) is 6.18 Å². The molecule has 2 rings (SSSR count). The molecule has 120 valence electrons. The third-order valence-corrected chi connectivity index (χ3v) is 3.16. The summed E-state index contributed by atoms with van der Waals surface area (Å²) in [7, 11) is 0. The molecule has 5 nitrogen and oxygen atoms in total. The van der Waals surface area contributed by atoms with E-state index in [1.165, 1.54) is 6.07 Å². The number of aliphatic imine (C=N–C) groups is 1. The van der Waals surface area contributed by atoms with Gasteiger partial charge in [-0.05, 0) is 24.3 Å². The molecule has 0 amide bonds. The van der Waals surface area contributed by atoms with Crippen LogP contribution in [-0.4, -0.2) is 16.2 Å². The summed E-state index contributed by atoms with van der Waals surface area (Å²) < 4.78 is 38.2. The molecule has 0 aromatic heterocycles. The van der Waals surface area contributed by atoms with E-state index >= 15 is 0 Å². The van der Waals surface area contributed by atoms with E-state index in [0.29, 0.717) is 0 Å². The van der Waals surface area contributed by atoms with Gasteiger partial charge >= 0.3 is 6.18 Å². The highest BCUT2D eigenvalue weighted by Gasteiger charge is 2.33. The molecule has 0 fully saturated rings. The Morgan fingerprint density at radius 1 is 1.22 bits per heavy atom. The maximum absolute atomic E-state index is 12.7. The molecule has 2 aromatic rings. The van der Waals surface area contributed by atoms with Gasteiger partial charge in [0.05, 0.1) is 21.2 Å². The average Bonchev–Trinajstić information content (AvgIpc) is 2.46. The molecule has 0 aliphatic heterocycles. The molecule has 9 heteroatoms. The van der Waals surface area contributed by atoms with Gasteiger partial charge in [-0.15, -0.1) is 0 Å². The van der Waals surface area contributed by atoms with E-state index in [1.807, 2.05) is 0 Å². The summed E-state index contributed by atoms with van der Waals surface area (Å²) in [6.07, 6.45) is -3.60. The topological polar surface area (TPSA) is 75.7 Å². The maximum Gasteiger partial charge on any atom is 0.417 e. The molecule has 0 saturated carbocycles. The van der Waals surface area contributed by atoms with E-state index in [9.17, 15) is 28.4 Å². The highest BCUT2D eigenvalue weighted by atomic mass is 35.5. The molecule has 2 aromatic carbocycles. The average molecular weight is 345 g/mol. The van der Waals surface area contributed by atoms with Gasteiger partial charge in [-0.3, -0.25) is 15.1 Å². The van der Waals surface area contributed by atoms with Crippen molar-refractivity contribution >= 4 is 29.2 Å². The van der Waals surface area contributed by atoms with Crippen LogP contribution in [-0.2, 0) is 6.18 Å². The molecule has 0 aliphatic carbocycles. The van der Waals surface area contributed by atoms with Gasteiger partial charge in [-0.25, -0.2) is 0 Å². The molecule has 0 bridgehead atoms. The van der Waals surface area contributed by atoms with Gasteiger partial charge in [0.25, 0.3) is 5.69 Å². The first kappa shape index (κ1) is 16.8. The minimum atomic E-state index is -4.63. The molecular weight excluding hydrogens is 337 g/mol. The SMILES string of the molecule is O=[N+]([O-])c1ccc(O)c(C=Nc2ccc(Cl)c(C(F)(F)F)c2)c1. The summed E-state index contributed by atoms with van der Waals surface area (Å²) in [5, 5.41) is 19.8. The van der Waals surface area contributed by atoms with Gasteiger partial charge in [0.2, 0.25) is 0 Å². The number of halogens is 4. The number of hydrogen-bond acceptors (Lipinski definition) is 4. The van der Waals surface area contributed by atoms with Crippen molar-refractivity contribution in [2.75, 3.05) is 0 Å². The zero-order chi connectivity index (χ0) is 17.2. The normalized spacial score (nSPS) is 11.8. The number of non-ortho nitro benzene ring substituents is 1. The Morgan fingerprint density at radius 3 is 2.52 bits per heavy atom. The number of nitrogens with zero attached hydrogens (tertiary/aromatic N) is 2. The molecule has 0 radical (unpaired) electrons. The monoisotopic (exact) mass is 344 g/mol. The number of nitro groups is 1. The van der Waals surface area contributed by atoms with E-state index in [1.54, 1.807) is 0 Å². The lowest BCUT2D eigenvalue weighted by atomic mass is 10.2. The zero-order valence-electron chi connectivity index (χ0n) is 11.2. The van der Waals surface area contributed by atoms with Crippen LogP contribution in [0.1, 0.15) is 11.1 Å². The highest BCUT2D eigenvalue weighted by molar-refractivity contribution is 6.31. The Morgan fingerprint density at radius 2 is 1.91 bits per heavy atom. The van der Waals surface area contributed by atoms with E-state index in [-0.39, 0.29) is 22.7 Å². The van der Waals surface area contributed by atoms with Crippen LogP contribution in [0.25, 0.3) is 0 Å². The highest BCUT2D eigenvalue weighted by Crippen LogP contribution is 2.36. The largest absolute Gasteiger partial charge is 0.507 e. The van der Waals surface area contributed by atoms with Crippen molar-refractivity contribution < 1.29 is 23.2 Å². The van der Waals surface area contributed by atoms with E-state index in [0.717, 1.165) is 36.5 Å². The lowest BCUT2D eigenvalue weighted by molar-refractivity contribution is -0.384. The summed E-state index contributed by atoms with van der Waals surface area (Å²) in [4.78, 5) is 13.8. The molecule has 1 N–H and O–H groups in total. The molecule has 0 atom stereocenters. The van der Waals surface area contributed by atoms with Gasteiger partial charge in [0.15, 0.2) is 0 Å². The van der Waals surface area contributed by atoms with Crippen LogP contribution in [0.15, 0.2) is 41.4 Å². The summed E-state index contributed by atoms with van der Waals surface area (Å²) in [6.45, 7) is 0. The number of nitro benzene ring substituents is 1. The van der Waals surface area contributed by atoms with Crippen LogP contribution in [0.4, 0.5) is 24.5 Å². The second-order valence-electron chi connectivity index (χ2n) is 4.42. The summed E-state index contributed by atoms with van der Waals surface area (Å²) in [5.74, 6) is -0.288. The Labute approximate surface area is 132 Å². The Kier molecular flexibility index (Phi) is 4.55. The third kappa shape index (κ3) is 3.98. The summed E-state index contributed by atoms with van der Waals surface area (Å²) in [5.41, 5.74) is -1.39. The van der Waals surface area contributed by atoms with Crippen molar-refractivity contribution in [3.8, 4) is 5.75 Å². The predicted molar refractivity (Wildman–Crippen MR) is 78.5 cm³/mol. The predicted octanol–water partition coefficient (Wildman–Crippen LogP) is 4.72. The van der Waals surface area contributed by atoms with Crippen molar-refractivity contribution in [1.29, 1.82) is 0 Å². The minimum Gasteiger partial charge on any atom is -0.507 e. The number of hydrogen-bond donors (Lipinski definition) is 1. The second-order valence-corrected chi connectivity index (χ2v) is 4.83. The van der Waals surface area contributed by atoms with Crippen molar-refractivity contribution in [3.05, 3.63) is 62.7 Å². The lowest BCUT2D eigenvalue weighted by Gasteiger charge is -2.09. The first-order valence-corrected chi connectivity index (χ1v) is 6.44. The number of aromatic hydroxyl groups is 1. The van der Waals surface area contributed by atoms with Gasteiger partial charge < -0.3 is 5.11 Å². The van der Waals surface area contributed by atoms with Crippen molar-refractivity contribution in [3.63, 3.8) is 0 Å². The number of phenolic OH excluding ortho intramolecular Hbond substituents is 1. The van der Waals surface area contributed by atoms with E-state index in [4.69, 9.17) is 11.6 Å². The second kappa shape index (κ2) is 6.25. The summed E-state index contributed by atoms with van der Waals surface area (Å²) in [6, 6.07) is 6.29. The first-order valence-electron chi connectivity index (χ1n) is 6.06. The number of alkyl halides is 3. The third-order valence-electron chi connectivity index (χ3n) is 2.83. The van der Waals surface area contributed by atoms with Crippen molar-refractivity contribution in [1.82, 2.24) is 0 Å². The fourth-order valence-electron chi connectivity index (χ4n) is 1.71. The van der Waals surface area contributed by atoms with Crippen molar-refractivity contribution in [2.24, 2.45) is 4.99 Å². The Hall–Kier alpha value is -2.61. The van der Waals surface area contributed by atoms with Crippen LogP contribution in [0.5, 0.6) is 5.75 Å². The van der Waals surface area contributed by atoms with Gasteiger partial charge in [0, 0.05) is 23.9 Å². The molecule has 0 spiro atoms. The van der Waals surface area contributed by atoms with Crippen LogP contribution in [0.3, 0.4) is 0 Å². The molecular formula is C14H8ClF3N2O3. The Balaban J connectivity index is 2.38. The fourth-order valence-corrected chi connectivity index (χ4v) is 1.94. The number of benzene rings is 2. The molecule has 23 heavy (non-hydrogen) atoms. The first-order chi connectivity index (χ1) is 10.7. The molecule has 0 heterocycles. The minimum absolute atomic E-state index is 0.00251. The van der Waals surface area contributed by atoms with E-state index in [2.05, 4.69) is 4.99 Å². The van der Waals surface area contributed by atoms with Crippen LogP contribution >= 0.6 is 11.6 Å². The maximum atomic E-state index is 12.7. The van der Waals surface area contributed by atoms with Gasteiger partial charge in [0.1, 0.15) is 5.75 Å². The molecule has 0 unspecified atom stereocenters. The van der Waals surface area contributed by atoms with Gasteiger partial charge in [-0.2, -0.15) is 13.2 Å². The number of rotatable bonds is 3. The summed E-state index contributed by atoms with van der Waals surface area (Å²) >= 11 is 5.49. The standard InChI is InChI=1S/C14H8ClF3N2O3/c15-12-3-1-9(6-11(12)14(16,17)18)19-7-8-5-10(20(22)23)2-4-13(8)21/h1-7,21H. The van der Waals surface area contributed by atoms with Crippen LogP contribution < -0.4 is 0 Å². The van der Waals surface area contributed by atoms with Crippen LogP contribution in [0, 0.1) is 10.1 Å². The van der Waals surface area contributed by atoms with E-state index < -0.39 is 21.7 Å². The molecule has 0 saturated heterocycles.